The fourth-order valence-electron chi connectivity index (χ4n) is 2.68. The molecular formula is C22H20ClFN2O3. The third kappa shape index (κ3) is 4.71. The van der Waals surface area contributed by atoms with Gasteiger partial charge in [-0.15, -0.1) is 0 Å². The standard InChI is InChI=1S/C22H20ClFN2O3/c1-22(2,3)26-21(28)19(23)18(12-25-26)29-13-14-4-6-15(7-5-14)20(27)16-8-10-17(24)11-9-16/h4-12H,13H2,1-3H3. The molecule has 1 aromatic heterocycles. The number of hydrogen-bond donors (Lipinski definition) is 0. The molecule has 0 N–H and O–H groups in total. The van der Waals surface area contributed by atoms with E-state index < -0.39 is 16.9 Å². The summed E-state index contributed by atoms with van der Waals surface area (Å²) in [5, 5.41) is 4.09. The molecule has 0 atom stereocenters. The van der Waals surface area contributed by atoms with Gasteiger partial charge in [0.25, 0.3) is 5.56 Å². The summed E-state index contributed by atoms with van der Waals surface area (Å²) in [5.41, 5.74) is 0.765. The van der Waals surface area contributed by atoms with Gasteiger partial charge in [0, 0.05) is 11.1 Å². The van der Waals surface area contributed by atoms with E-state index in [4.69, 9.17) is 16.3 Å². The van der Waals surface area contributed by atoms with Crippen LogP contribution in [-0.2, 0) is 12.1 Å². The highest BCUT2D eigenvalue weighted by Crippen LogP contribution is 2.22. The number of benzene rings is 2. The van der Waals surface area contributed by atoms with E-state index in [-0.39, 0.29) is 23.2 Å². The summed E-state index contributed by atoms with van der Waals surface area (Å²) in [5.74, 6) is -0.392. The molecule has 0 amide bonds. The zero-order chi connectivity index (χ0) is 21.2. The Balaban J connectivity index is 1.71. The molecule has 3 rings (SSSR count). The molecule has 0 unspecified atom stereocenters. The van der Waals surface area contributed by atoms with Crippen molar-refractivity contribution in [2.45, 2.75) is 32.9 Å². The quantitative estimate of drug-likeness (QED) is 0.572. The van der Waals surface area contributed by atoms with Gasteiger partial charge in [-0.3, -0.25) is 9.59 Å². The second kappa shape index (κ2) is 8.17. The monoisotopic (exact) mass is 414 g/mol. The summed E-state index contributed by atoms with van der Waals surface area (Å²) >= 11 is 6.15. The van der Waals surface area contributed by atoms with Crippen LogP contribution in [0.25, 0.3) is 0 Å². The van der Waals surface area contributed by atoms with E-state index in [1.165, 1.54) is 35.1 Å². The molecule has 0 aliphatic heterocycles. The fourth-order valence-corrected chi connectivity index (χ4v) is 2.86. The number of rotatable bonds is 5. The minimum atomic E-state index is -0.494. The lowest BCUT2D eigenvalue weighted by Gasteiger charge is -2.21. The van der Waals surface area contributed by atoms with Crippen LogP contribution in [0.5, 0.6) is 5.75 Å². The highest BCUT2D eigenvalue weighted by molar-refractivity contribution is 6.31. The number of carbonyl (C=O) groups excluding carboxylic acids is 1. The van der Waals surface area contributed by atoms with Gasteiger partial charge >= 0.3 is 0 Å². The molecule has 0 bridgehead atoms. The highest BCUT2D eigenvalue weighted by Gasteiger charge is 2.20. The summed E-state index contributed by atoms with van der Waals surface area (Å²) in [6, 6.07) is 12.2. The highest BCUT2D eigenvalue weighted by atomic mass is 35.5. The van der Waals surface area contributed by atoms with E-state index in [1.807, 2.05) is 20.8 Å². The molecule has 2 aromatic carbocycles. The van der Waals surface area contributed by atoms with Crippen molar-refractivity contribution >= 4 is 17.4 Å². The fraction of sp³-hybridized carbons (Fsp3) is 0.227. The second-order valence-electron chi connectivity index (χ2n) is 7.53. The average molecular weight is 415 g/mol. The summed E-state index contributed by atoms with van der Waals surface area (Å²) in [7, 11) is 0. The lowest BCUT2D eigenvalue weighted by atomic mass is 10.0. The van der Waals surface area contributed by atoms with E-state index in [9.17, 15) is 14.0 Å². The number of carbonyl (C=O) groups is 1. The Bertz CT molecular complexity index is 1090. The van der Waals surface area contributed by atoms with Crippen molar-refractivity contribution in [1.29, 1.82) is 0 Å². The molecule has 0 aliphatic rings. The first-order chi connectivity index (χ1) is 13.7. The Kier molecular flexibility index (Phi) is 5.84. The zero-order valence-electron chi connectivity index (χ0n) is 16.3. The number of nitrogens with zero attached hydrogens (tertiary/aromatic N) is 2. The van der Waals surface area contributed by atoms with Crippen LogP contribution in [-0.4, -0.2) is 15.6 Å². The first-order valence-corrected chi connectivity index (χ1v) is 9.35. The topological polar surface area (TPSA) is 61.2 Å². The maximum Gasteiger partial charge on any atom is 0.289 e. The number of aromatic nitrogens is 2. The molecule has 0 aliphatic carbocycles. The molecule has 0 radical (unpaired) electrons. The van der Waals surface area contributed by atoms with E-state index in [0.717, 1.165) is 5.56 Å². The zero-order valence-corrected chi connectivity index (χ0v) is 17.0. The first-order valence-electron chi connectivity index (χ1n) is 8.97. The number of halogens is 2. The lowest BCUT2D eigenvalue weighted by Crippen LogP contribution is -2.36. The molecule has 150 valence electrons. The van der Waals surface area contributed by atoms with E-state index in [1.54, 1.807) is 24.3 Å². The van der Waals surface area contributed by atoms with Crippen LogP contribution in [0.1, 0.15) is 42.3 Å². The Morgan fingerprint density at radius 2 is 1.62 bits per heavy atom. The Morgan fingerprint density at radius 1 is 1.07 bits per heavy atom. The molecule has 29 heavy (non-hydrogen) atoms. The summed E-state index contributed by atoms with van der Waals surface area (Å²) in [6.45, 7) is 5.72. The Labute approximate surface area is 172 Å². The smallest absolute Gasteiger partial charge is 0.289 e. The van der Waals surface area contributed by atoms with Crippen molar-refractivity contribution in [3.63, 3.8) is 0 Å². The predicted octanol–water partition coefficient (Wildman–Crippen LogP) is 4.60. The van der Waals surface area contributed by atoms with Crippen LogP contribution in [0.2, 0.25) is 5.02 Å². The maximum absolute atomic E-state index is 13.0. The van der Waals surface area contributed by atoms with Gasteiger partial charge in [0.15, 0.2) is 16.6 Å². The van der Waals surface area contributed by atoms with Crippen molar-refractivity contribution in [3.8, 4) is 5.75 Å². The number of ketones is 1. The summed E-state index contributed by atoms with van der Waals surface area (Å²) in [6.07, 6.45) is 1.42. The summed E-state index contributed by atoms with van der Waals surface area (Å²) in [4.78, 5) is 24.8. The molecule has 3 aromatic rings. The normalized spacial score (nSPS) is 11.3. The molecule has 5 nitrogen and oxygen atoms in total. The minimum absolute atomic E-state index is 0.0296. The van der Waals surface area contributed by atoms with Crippen LogP contribution in [0, 0.1) is 5.82 Å². The van der Waals surface area contributed by atoms with E-state index in [2.05, 4.69) is 5.10 Å². The molecule has 0 saturated heterocycles. The van der Waals surface area contributed by atoms with E-state index >= 15 is 0 Å². The van der Waals surface area contributed by atoms with Gasteiger partial charge < -0.3 is 4.74 Å². The van der Waals surface area contributed by atoms with Gasteiger partial charge in [-0.2, -0.15) is 5.10 Å². The van der Waals surface area contributed by atoms with Crippen molar-refractivity contribution < 1.29 is 13.9 Å². The van der Waals surface area contributed by atoms with Gasteiger partial charge in [-0.25, -0.2) is 9.07 Å². The van der Waals surface area contributed by atoms with Crippen molar-refractivity contribution in [1.82, 2.24) is 9.78 Å². The number of ether oxygens (including phenoxy) is 1. The third-order valence-electron chi connectivity index (χ3n) is 4.24. The molecule has 1 heterocycles. The Morgan fingerprint density at radius 3 is 2.17 bits per heavy atom. The molecule has 0 saturated carbocycles. The van der Waals surface area contributed by atoms with Gasteiger partial charge in [0.1, 0.15) is 12.4 Å². The third-order valence-corrected chi connectivity index (χ3v) is 4.59. The van der Waals surface area contributed by atoms with Gasteiger partial charge in [0.2, 0.25) is 0 Å². The van der Waals surface area contributed by atoms with Crippen LogP contribution >= 0.6 is 11.6 Å². The minimum Gasteiger partial charge on any atom is -0.485 e. The lowest BCUT2D eigenvalue weighted by molar-refractivity contribution is 0.103. The largest absolute Gasteiger partial charge is 0.485 e. The van der Waals surface area contributed by atoms with Crippen molar-refractivity contribution in [2.75, 3.05) is 0 Å². The number of hydrogen-bond acceptors (Lipinski definition) is 4. The molecule has 0 spiro atoms. The van der Waals surface area contributed by atoms with Gasteiger partial charge in [-0.05, 0) is 50.6 Å². The SMILES string of the molecule is CC(C)(C)n1ncc(OCc2ccc(C(=O)c3ccc(F)cc3)cc2)c(Cl)c1=O. The first kappa shape index (κ1) is 20.7. The van der Waals surface area contributed by atoms with Gasteiger partial charge in [0.05, 0.1) is 11.7 Å². The van der Waals surface area contributed by atoms with Crippen LogP contribution in [0.3, 0.4) is 0 Å². The second-order valence-corrected chi connectivity index (χ2v) is 7.91. The van der Waals surface area contributed by atoms with Crippen LogP contribution in [0.4, 0.5) is 4.39 Å². The molecular weight excluding hydrogens is 395 g/mol. The Hall–Kier alpha value is -2.99. The van der Waals surface area contributed by atoms with E-state index in [0.29, 0.717) is 11.1 Å². The van der Waals surface area contributed by atoms with Gasteiger partial charge in [-0.1, -0.05) is 35.9 Å². The molecule has 7 heteroatoms. The molecule has 0 fully saturated rings. The van der Waals surface area contributed by atoms with Crippen molar-refractivity contribution in [2.24, 2.45) is 0 Å². The maximum atomic E-state index is 13.0. The van der Waals surface area contributed by atoms with Crippen molar-refractivity contribution in [3.05, 3.63) is 92.6 Å². The predicted molar refractivity (Wildman–Crippen MR) is 109 cm³/mol. The van der Waals surface area contributed by atoms with Crippen LogP contribution in [0.15, 0.2) is 59.5 Å². The summed E-state index contributed by atoms with van der Waals surface area (Å²) < 4.78 is 19.9. The average Bonchev–Trinajstić information content (AvgIpc) is 2.68. The van der Waals surface area contributed by atoms with Crippen LogP contribution < -0.4 is 10.3 Å².